The molecule has 1 heterocycles. The molecule has 0 fully saturated rings. The second kappa shape index (κ2) is 16.9. The zero-order valence-electron chi connectivity index (χ0n) is 31.6. The predicted molar refractivity (Wildman–Crippen MR) is 224 cm³/mol. The van der Waals surface area contributed by atoms with Crippen molar-refractivity contribution < 1.29 is 18.9 Å². The van der Waals surface area contributed by atoms with Crippen molar-refractivity contribution in [3.63, 3.8) is 0 Å². The van der Waals surface area contributed by atoms with E-state index in [0.29, 0.717) is 0 Å². The number of anilines is 8. The van der Waals surface area contributed by atoms with Crippen LogP contribution < -0.4 is 33.6 Å². The molecular weight excluding hydrogens is 691 g/mol. The minimum Gasteiger partial charge on any atom is -0.497 e. The summed E-state index contributed by atoms with van der Waals surface area (Å²) >= 11 is 1.82. The van der Waals surface area contributed by atoms with Crippen LogP contribution in [0.2, 0.25) is 0 Å². The zero-order valence-corrected chi connectivity index (χ0v) is 32.4. The van der Waals surface area contributed by atoms with Crippen molar-refractivity contribution in [2.24, 2.45) is 0 Å². The first-order valence-electron chi connectivity index (χ1n) is 18.4. The molecule has 0 saturated carbocycles. The van der Waals surface area contributed by atoms with Crippen molar-refractivity contribution in [1.29, 1.82) is 0 Å². The molecule has 7 rings (SSSR count). The van der Waals surface area contributed by atoms with E-state index in [9.17, 15) is 0 Å². The van der Waals surface area contributed by atoms with Gasteiger partial charge in [0.2, 0.25) is 0 Å². The van der Waals surface area contributed by atoms with E-state index in [2.05, 4.69) is 107 Å². The predicted octanol–water partition coefficient (Wildman–Crippen LogP) is 12.8. The summed E-state index contributed by atoms with van der Waals surface area (Å²) < 4.78 is 22.0. The molecule has 0 spiro atoms. The number of ether oxygens (including phenoxy) is 4. The lowest BCUT2D eigenvalue weighted by Gasteiger charge is -2.35. The van der Waals surface area contributed by atoms with Crippen LogP contribution in [0.25, 0.3) is 0 Å². The van der Waals surface area contributed by atoms with Crippen molar-refractivity contribution in [2.45, 2.75) is 42.4 Å². The number of nitrogens with zero attached hydrogens (tertiary/aromatic N) is 3. The van der Waals surface area contributed by atoms with Crippen molar-refractivity contribution in [1.82, 2.24) is 0 Å². The molecule has 0 saturated heterocycles. The molecule has 0 aromatic heterocycles. The molecule has 0 amide bonds. The summed E-state index contributed by atoms with van der Waals surface area (Å²) in [7, 11) is 6.78. The highest BCUT2D eigenvalue weighted by Crippen LogP contribution is 2.52. The summed E-state index contributed by atoms with van der Waals surface area (Å²) in [4.78, 5) is 9.50. The fraction of sp³-hybridized carbons (Fsp3) is 0.217. The molecule has 54 heavy (non-hydrogen) atoms. The summed E-state index contributed by atoms with van der Waals surface area (Å²) in [6.07, 6.45) is 4.76. The molecule has 6 aromatic carbocycles. The van der Waals surface area contributed by atoms with Gasteiger partial charge in [0, 0.05) is 50.5 Å². The topological polar surface area (TPSA) is 46.6 Å². The molecule has 0 bridgehead atoms. The van der Waals surface area contributed by atoms with Crippen LogP contribution in [0.4, 0.5) is 45.5 Å². The van der Waals surface area contributed by atoms with Gasteiger partial charge in [-0.3, -0.25) is 0 Å². The molecular formula is C46H47N3O4S. The van der Waals surface area contributed by atoms with Gasteiger partial charge in [0.1, 0.15) is 23.0 Å². The number of benzene rings is 6. The lowest BCUT2D eigenvalue weighted by molar-refractivity contribution is 0.414. The van der Waals surface area contributed by atoms with Gasteiger partial charge >= 0.3 is 0 Å². The van der Waals surface area contributed by atoms with Crippen molar-refractivity contribution in [3.8, 4) is 23.0 Å². The third-order valence-electron chi connectivity index (χ3n) is 9.76. The molecule has 1 aliphatic rings. The van der Waals surface area contributed by atoms with E-state index in [0.717, 1.165) is 70.1 Å². The monoisotopic (exact) mass is 737 g/mol. The van der Waals surface area contributed by atoms with Gasteiger partial charge in [-0.15, -0.1) is 0 Å². The first-order chi connectivity index (χ1) is 26.5. The van der Waals surface area contributed by atoms with Crippen molar-refractivity contribution >= 4 is 57.3 Å². The van der Waals surface area contributed by atoms with Crippen LogP contribution >= 0.6 is 11.8 Å². The molecule has 8 heteroatoms. The number of hydrogen-bond acceptors (Lipinski definition) is 8. The van der Waals surface area contributed by atoms with Crippen molar-refractivity contribution in [2.75, 3.05) is 49.7 Å². The maximum atomic E-state index is 5.50. The lowest BCUT2D eigenvalue weighted by atomic mass is 10.1. The summed E-state index contributed by atoms with van der Waals surface area (Å²) in [6.45, 7) is 3.21. The molecule has 0 N–H and O–H groups in total. The molecule has 1 aliphatic heterocycles. The van der Waals surface area contributed by atoms with Gasteiger partial charge in [-0.1, -0.05) is 37.9 Å². The van der Waals surface area contributed by atoms with Gasteiger partial charge in [-0.2, -0.15) is 0 Å². The highest BCUT2D eigenvalue weighted by Gasteiger charge is 2.27. The largest absolute Gasteiger partial charge is 0.497 e. The Hall–Kier alpha value is -5.73. The van der Waals surface area contributed by atoms with Crippen LogP contribution in [-0.4, -0.2) is 35.0 Å². The Labute approximate surface area is 323 Å². The van der Waals surface area contributed by atoms with E-state index in [-0.39, 0.29) is 0 Å². The third kappa shape index (κ3) is 7.80. The van der Waals surface area contributed by atoms with Gasteiger partial charge in [0.05, 0.1) is 39.8 Å². The average Bonchev–Trinajstić information content (AvgIpc) is 3.23. The molecule has 0 unspecified atom stereocenters. The summed E-state index contributed by atoms with van der Waals surface area (Å²) in [6, 6.07) is 46.6. The number of methoxy groups -OCH3 is 4. The molecule has 276 valence electrons. The molecule has 0 radical (unpaired) electrons. The highest BCUT2D eigenvalue weighted by atomic mass is 32.2. The second-order valence-corrected chi connectivity index (χ2v) is 14.2. The second-order valence-electron chi connectivity index (χ2n) is 13.1. The first kappa shape index (κ1) is 36.6. The van der Waals surface area contributed by atoms with E-state index < -0.39 is 0 Å². The van der Waals surface area contributed by atoms with Crippen molar-refractivity contribution in [3.05, 3.63) is 133 Å². The molecule has 7 nitrogen and oxygen atoms in total. The average molecular weight is 738 g/mol. The Balaban J connectivity index is 1.32. The van der Waals surface area contributed by atoms with E-state index in [1.807, 2.05) is 60.3 Å². The number of rotatable bonds is 15. The van der Waals surface area contributed by atoms with E-state index in [1.54, 1.807) is 28.4 Å². The highest BCUT2D eigenvalue weighted by molar-refractivity contribution is 7.99. The minimum atomic E-state index is 0.818. The Morgan fingerprint density at radius 3 is 1.07 bits per heavy atom. The van der Waals surface area contributed by atoms with E-state index >= 15 is 0 Å². The van der Waals surface area contributed by atoms with E-state index in [4.69, 9.17) is 18.9 Å². The smallest absolute Gasteiger partial charge is 0.119 e. The fourth-order valence-electron chi connectivity index (χ4n) is 6.90. The summed E-state index contributed by atoms with van der Waals surface area (Å²) in [5.41, 5.74) is 8.75. The normalized spacial score (nSPS) is 11.7. The van der Waals surface area contributed by atoms with Gasteiger partial charge in [0.25, 0.3) is 0 Å². The molecule has 0 atom stereocenters. The van der Waals surface area contributed by atoms with Crippen LogP contribution in [0.3, 0.4) is 0 Å². The van der Waals surface area contributed by atoms with Gasteiger partial charge in [0.15, 0.2) is 0 Å². The van der Waals surface area contributed by atoms with Gasteiger partial charge in [-0.05, 0) is 140 Å². The zero-order chi connectivity index (χ0) is 37.4. The van der Waals surface area contributed by atoms with Gasteiger partial charge in [-0.25, -0.2) is 0 Å². The Bertz CT molecular complexity index is 1900. The molecule has 0 aliphatic carbocycles. The third-order valence-corrected chi connectivity index (χ3v) is 10.9. The quantitative estimate of drug-likeness (QED) is 0.0966. The maximum Gasteiger partial charge on any atom is 0.119 e. The van der Waals surface area contributed by atoms with Crippen LogP contribution in [-0.2, 0) is 0 Å². The number of fused-ring (bicyclic) bond motifs is 2. The Morgan fingerprint density at radius 1 is 0.426 bits per heavy atom. The SMILES string of the molecule is CCCCCCN1c2ccc(N(c3ccc(OC)cc3)c3ccc(OC)cc3)cc2Sc2cc(N(c3ccc(OC)cc3)c3ccc(OC)cc3)ccc21. The van der Waals surface area contributed by atoms with Crippen LogP contribution in [0.1, 0.15) is 32.6 Å². The van der Waals surface area contributed by atoms with Gasteiger partial charge < -0.3 is 33.6 Å². The molecule has 6 aromatic rings. The summed E-state index contributed by atoms with van der Waals surface area (Å²) in [5.74, 6) is 3.27. The first-order valence-corrected chi connectivity index (χ1v) is 19.2. The minimum absolute atomic E-state index is 0.818. The van der Waals surface area contributed by atoms with Crippen LogP contribution in [0, 0.1) is 0 Å². The standard InChI is InChI=1S/C46H47N3O4S/c1-6-7-8-9-30-47-43-28-18-37(48(33-10-20-39(50-2)21-11-33)34-12-22-40(51-3)23-13-34)31-45(43)54-46-32-38(19-29-44(46)47)49(35-14-24-41(52-4)25-15-35)36-16-26-42(53-5)27-17-36/h10-29,31-32H,6-9,30H2,1-5H3. The Morgan fingerprint density at radius 2 is 0.759 bits per heavy atom. The van der Waals surface area contributed by atoms with E-state index in [1.165, 1.54) is 40.4 Å². The van der Waals surface area contributed by atoms with Crippen LogP contribution in [0.5, 0.6) is 23.0 Å². The fourth-order valence-corrected chi connectivity index (χ4v) is 8.06. The lowest BCUT2D eigenvalue weighted by Crippen LogP contribution is -2.22. The summed E-state index contributed by atoms with van der Waals surface area (Å²) in [5, 5.41) is 0. The number of unbranched alkanes of at least 4 members (excludes halogenated alkanes) is 3. The van der Waals surface area contributed by atoms with Crippen LogP contribution in [0.15, 0.2) is 143 Å². The Kier molecular flexibility index (Phi) is 11.5. The number of hydrogen-bond donors (Lipinski definition) is 0. The maximum absolute atomic E-state index is 5.50.